The Kier molecular flexibility index (Phi) is 5.88. The lowest BCUT2D eigenvalue weighted by Gasteiger charge is -2.33. The van der Waals surface area contributed by atoms with Crippen LogP contribution in [-0.4, -0.2) is 30.4 Å². The summed E-state index contributed by atoms with van der Waals surface area (Å²) in [7, 11) is 0. The second kappa shape index (κ2) is 8.89. The molecule has 1 aromatic heterocycles. The van der Waals surface area contributed by atoms with Crippen LogP contribution >= 0.6 is 0 Å². The lowest BCUT2D eigenvalue weighted by molar-refractivity contribution is 0.0914. The smallest absolute Gasteiger partial charge is 0.251 e. The average molecular weight is 374 g/mol. The molecule has 144 valence electrons. The van der Waals surface area contributed by atoms with E-state index in [2.05, 4.69) is 10.2 Å². The lowest BCUT2D eigenvalue weighted by atomic mass is 9.99. The van der Waals surface area contributed by atoms with Crippen molar-refractivity contribution in [3.8, 4) is 11.1 Å². The van der Waals surface area contributed by atoms with Crippen LogP contribution in [0.15, 0.2) is 77.4 Å². The molecule has 1 unspecified atom stereocenters. The molecule has 4 rings (SSSR count). The van der Waals surface area contributed by atoms with Gasteiger partial charge >= 0.3 is 0 Å². The summed E-state index contributed by atoms with van der Waals surface area (Å²) in [5, 5.41) is 3.15. The van der Waals surface area contributed by atoms with Gasteiger partial charge in [-0.15, -0.1) is 0 Å². The van der Waals surface area contributed by atoms with E-state index in [0.29, 0.717) is 12.1 Å². The summed E-state index contributed by atoms with van der Waals surface area (Å²) in [6.45, 7) is 2.62. The van der Waals surface area contributed by atoms with Crippen molar-refractivity contribution in [3.63, 3.8) is 0 Å². The predicted octanol–water partition coefficient (Wildman–Crippen LogP) is 4.90. The molecule has 0 spiro atoms. The summed E-state index contributed by atoms with van der Waals surface area (Å²) in [5.41, 5.74) is 2.70. The van der Waals surface area contributed by atoms with Gasteiger partial charge in [-0.05, 0) is 55.3 Å². The summed E-state index contributed by atoms with van der Waals surface area (Å²) in [4.78, 5) is 15.5. The third kappa shape index (κ3) is 4.18. The minimum atomic E-state index is -0.0481. The number of amides is 1. The van der Waals surface area contributed by atoms with Gasteiger partial charge in [0.25, 0.3) is 5.91 Å². The van der Waals surface area contributed by atoms with E-state index < -0.39 is 0 Å². The maximum atomic E-state index is 13.0. The van der Waals surface area contributed by atoms with Gasteiger partial charge in [-0.1, -0.05) is 55.0 Å². The largest absolute Gasteiger partial charge is 0.468 e. The Morgan fingerprint density at radius 3 is 2.43 bits per heavy atom. The van der Waals surface area contributed by atoms with Crippen LogP contribution in [0, 0.1) is 0 Å². The average Bonchev–Trinajstić information content (AvgIpc) is 3.30. The van der Waals surface area contributed by atoms with Crippen LogP contribution in [0.2, 0.25) is 0 Å². The maximum Gasteiger partial charge on any atom is 0.251 e. The summed E-state index contributed by atoms with van der Waals surface area (Å²) < 4.78 is 5.69. The second-order valence-corrected chi connectivity index (χ2v) is 7.25. The van der Waals surface area contributed by atoms with E-state index in [4.69, 9.17) is 4.42 Å². The second-order valence-electron chi connectivity index (χ2n) is 7.25. The van der Waals surface area contributed by atoms with Crippen molar-refractivity contribution in [3.05, 3.63) is 84.3 Å². The zero-order valence-electron chi connectivity index (χ0n) is 16.0. The Hall–Kier alpha value is -2.85. The standard InChI is InChI=1S/C24H26N2O2/c27-24(21-13-6-5-12-20(21)19-10-3-1-4-11-19)25-18-22(23-14-9-17-28-23)26-15-7-2-8-16-26/h1,3-6,9-14,17,22H,2,7-8,15-16,18H2,(H,25,27). The molecule has 1 aliphatic heterocycles. The van der Waals surface area contributed by atoms with Crippen LogP contribution in [-0.2, 0) is 0 Å². The number of rotatable bonds is 6. The van der Waals surface area contributed by atoms with Crippen LogP contribution in [0.25, 0.3) is 11.1 Å². The molecule has 4 heteroatoms. The highest BCUT2D eigenvalue weighted by atomic mass is 16.3. The molecule has 0 bridgehead atoms. The first kappa shape index (κ1) is 18.5. The minimum Gasteiger partial charge on any atom is -0.468 e. The van der Waals surface area contributed by atoms with Gasteiger partial charge < -0.3 is 9.73 Å². The monoisotopic (exact) mass is 374 g/mol. The lowest BCUT2D eigenvalue weighted by Crippen LogP contribution is -2.40. The number of carbonyl (C=O) groups excluding carboxylic acids is 1. The van der Waals surface area contributed by atoms with Crippen LogP contribution < -0.4 is 5.32 Å². The van der Waals surface area contributed by atoms with Crippen LogP contribution in [0.5, 0.6) is 0 Å². The Bertz CT molecular complexity index is 884. The fourth-order valence-corrected chi connectivity index (χ4v) is 3.96. The molecule has 0 radical (unpaired) electrons. The van der Waals surface area contributed by atoms with Crippen LogP contribution in [0.1, 0.15) is 41.4 Å². The SMILES string of the molecule is O=C(NCC(c1ccco1)N1CCCCC1)c1ccccc1-c1ccccc1. The predicted molar refractivity (Wildman–Crippen MR) is 111 cm³/mol. The first-order valence-corrected chi connectivity index (χ1v) is 10.0. The molecule has 2 heterocycles. The third-order valence-corrected chi connectivity index (χ3v) is 5.42. The van der Waals surface area contributed by atoms with Crippen molar-refractivity contribution >= 4 is 5.91 Å². The first-order valence-electron chi connectivity index (χ1n) is 10.0. The Balaban J connectivity index is 1.52. The molecule has 1 N–H and O–H groups in total. The Labute approximate surface area is 166 Å². The van der Waals surface area contributed by atoms with Crippen molar-refractivity contribution in [2.24, 2.45) is 0 Å². The number of hydrogen-bond donors (Lipinski definition) is 1. The fourth-order valence-electron chi connectivity index (χ4n) is 3.96. The van der Waals surface area contributed by atoms with Crippen molar-refractivity contribution in [2.75, 3.05) is 19.6 Å². The topological polar surface area (TPSA) is 45.5 Å². The van der Waals surface area contributed by atoms with Gasteiger partial charge in [0.15, 0.2) is 0 Å². The number of nitrogens with one attached hydrogen (secondary N) is 1. The molecule has 0 aliphatic carbocycles. The van der Waals surface area contributed by atoms with Crippen molar-refractivity contribution in [1.29, 1.82) is 0 Å². The molecular weight excluding hydrogens is 348 g/mol. The molecule has 4 nitrogen and oxygen atoms in total. The quantitative estimate of drug-likeness (QED) is 0.667. The van der Waals surface area contributed by atoms with Crippen LogP contribution in [0.4, 0.5) is 0 Å². The van der Waals surface area contributed by atoms with Crippen molar-refractivity contribution < 1.29 is 9.21 Å². The summed E-state index contributed by atoms with van der Waals surface area (Å²) in [6.07, 6.45) is 5.38. The summed E-state index contributed by atoms with van der Waals surface area (Å²) >= 11 is 0. The molecule has 3 aromatic rings. The van der Waals surface area contributed by atoms with Gasteiger partial charge in [-0.25, -0.2) is 0 Å². The normalized spacial score (nSPS) is 15.9. The fraction of sp³-hybridized carbons (Fsp3) is 0.292. The van der Waals surface area contributed by atoms with E-state index in [9.17, 15) is 4.79 Å². The Morgan fingerprint density at radius 1 is 0.929 bits per heavy atom. The highest BCUT2D eigenvalue weighted by molar-refractivity contribution is 6.00. The van der Waals surface area contributed by atoms with Crippen molar-refractivity contribution in [1.82, 2.24) is 10.2 Å². The minimum absolute atomic E-state index is 0.0481. The molecule has 1 atom stereocenters. The van der Waals surface area contributed by atoms with Gasteiger partial charge in [0.2, 0.25) is 0 Å². The molecule has 1 amide bonds. The van der Waals surface area contributed by atoms with Gasteiger partial charge in [0.1, 0.15) is 5.76 Å². The number of hydrogen-bond acceptors (Lipinski definition) is 3. The molecule has 1 saturated heterocycles. The molecule has 2 aromatic carbocycles. The summed E-state index contributed by atoms with van der Waals surface area (Å²) in [5.74, 6) is 0.867. The van der Waals surface area contributed by atoms with E-state index in [1.54, 1.807) is 6.26 Å². The van der Waals surface area contributed by atoms with Gasteiger partial charge in [-0.3, -0.25) is 9.69 Å². The molecule has 28 heavy (non-hydrogen) atoms. The van der Waals surface area contributed by atoms with Gasteiger partial charge in [0.05, 0.1) is 12.3 Å². The third-order valence-electron chi connectivity index (χ3n) is 5.42. The van der Waals surface area contributed by atoms with E-state index in [0.717, 1.165) is 30.0 Å². The Morgan fingerprint density at radius 2 is 1.68 bits per heavy atom. The van der Waals surface area contributed by atoms with Gasteiger partial charge in [0, 0.05) is 12.1 Å². The van der Waals surface area contributed by atoms with E-state index in [1.165, 1.54) is 19.3 Å². The van der Waals surface area contributed by atoms with Crippen molar-refractivity contribution in [2.45, 2.75) is 25.3 Å². The highest BCUT2D eigenvalue weighted by Crippen LogP contribution is 2.26. The number of likely N-dealkylation sites (tertiary alicyclic amines) is 1. The molecular formula is C24H26N2O2. The van der Waals surface area contributed by atoms with Crippen LogP contribution in [0.3, 0.4) is 0 Å². The molecule has 1 aliphatic rings. The first-order chi connectivity index (χ1) is 13.8. The number of carbonyl (C=O) groups is 1. The van der Waals surface area contributed by atoms with E-state index in [1.807, 2.05) is 66.7 Å². The van der Waals surface area contributed by atoms with E-state index in [-0.39, 0.29) is 11.9 Å². The highest BCUT2D eigenvalue weighted by Gasteiger charge is 2.25. The molecule has 1 fully saturated rings. The molecule has 0 saturated carbocycles. The number of furan rings is 1. The maximum absolute atomic E-state index is 13.0. The zero-order chi connectivity index (χ0) is 19.2. The zero-order valence-corrected chi connectivity index (χ0v) is 16.0. The van der Waals surface area contributed by atoms with E-state index >= 15 is 0 Å². The number of piperidine rings is 1. The summed E-state index contributed by atoms with van der Waals surface area (Å²) in [6, 6.07) is 21.8. The van der Waals surface area contributed by atoms with Gasteiger partial charge in [-0.2, -0.15) is 0 Å². The number of nitrogens with zero attached hydrogens (tertiary/aromatic N) is 1. The number of benzene rings is 2.